The number of benzene rings is 1. The quantitative estimate of drug-likeness (QED) is 0.872. The minimum absolute atomic E-state index is 0.185. The van der Waals surface area contributed by atoms with Crippen LogP contribution in [0, 0.1) is 5.92 Å². The van der Waals surface area contributed by atoms with Gasteiger partial charge in [0, 0.05) is 7.11 Å². The van der Waals surface area contributed by atoms with Crippen molar-refractivity contribution in [2.75, 3.05) is 13.7 Å². The molecule has 0 saturated heterocycles. The molecule has 0 radical (unpaired) electrons. The molecule has 0 heterocycles. The molecule has 1 aromatic rings. The first kappa shape index (κ1) is 14.3. The highest BCUT2D eigenvalue weighted by Gasteiger charge is 2.17. The van der Waals surface area contributed by atoms with Gasteiger partial charge in [0.1, 0.15) is 0 Å². The fourth-order valence-electron chi connectivity index (χ4n) is 2.86. The fourth-order valence-corrected chi connectivity index (χ4v) is 2.86. The molecule has 0 unspecified atom stereocenters. The van der Waals surface area contributed by atoms with E-state index < -0.39 is 0 Å². The van der Waals surface area contributed by atoms with Gasteiger partial charge in [0.15, 0.2) is 0 Å². The smallest absolute Gasteiger partial charge is 0.0713 e. The summed E-state index contributed by atoms with van der Waals surface area (Å²) in [6.45, 7) is 0.837. The lowest BCUT2D eigenvalue weighted by Gasteiger charge is -2.23. The van der Waals surface area contributed by atoms with Crippen molar-refractivity contribution in [1.82, 2.24) is 0 Å². The third-order valence-electron chi connectivity index (χ3n) is 3.95. The summed E-state index contributed by atoms with van der Waals surface area (Å²) >= 11 is 0. The number of aliphatic hydroxyl groups excluding tert-OH is 1. The van der Waals surface area contributed by atoms with Gasteiger partial charge in [-0.2, -0.15) is 0 Å². The van der Waals surface area contributed by atoms with E-state index in [1.165, 1.54) is 48.8 Å². The lowest BCUT2D eigenvalue weighted by molar-refractivity contribution is 0.185. The third kappa shape index (κ3) is 4.19. The van der Waals surface area contributed by atoms with Gasteiger partial charge in [-0.05, 0) is 35.5 Å². The van der Waals surface area contributed by atoms with Crippen LogP contribution in [0.15, 0.2) is 29.8 Å². The molecule has 0 amide bonds. The predicted octanol–water partition coefficient (Wildman–Crippen LogP) is 3.79. The lowest BCUT2D eigenvalue weighted by Crippen LogP contribution is -2.11. The second-order valence-corrected chi connectivity index (χ2v) is 5.39. The van der Waals surface area contributed by atoms with Crippen LogP contribution in [0.1, 0.15) is 43.2 Å². The molecule has 1 aliphatic rings. The molecule has 1 saturated carbocycles. The van der Waals surface area contributed by atoms with E-state index >= 15 is 0 Å². The zero-order chi connectivity index (χ0) is 13.5. The Kier molecular flexibility index (Phi) is 5.62. The fraction of sp³-hybridized carbons (Fsp3) is 0.529. The molecular formula is C17H24O2. The highest BCUT2D eigenvalue weighted by Crippen LogP contribution is 2.30. The molecule has 0 spiro atoms. The summed E-state index contributed by atoms with van der Waals surface area (Å²) in [4.78, 5) is 0. The lowest BCUT2D eigenvalue weighted by atomic mass is 9.83. The van der Waals surface area contributed by atoms with E-state index in [0.717, 1.165) is 0 Å². The van der Waals surface area contributed by atoms with Gasteiger partial charge in [-0.1, -0.05) is 49.6 Å². The molecule has 0 atom stereocenters. The van der Waals surface area contributed by atoms with E-state index in [-0.39, 0.29) is 6.61 Å². The highest BCUT2D eigenvalue weighted by molar-refractivity contribution is 5.54. The van der Waals surface area contributed by atoms with Crippen LogP contribution in [0.3, 0.4) is 0 Å². The number of aliphatic hydroxyl groups is 1. The Bertz CT molecular complexity index is 400. The average molecular weight is 260 g/mol. The van der Waals surface area contributed by atoms with Gasteiger partial charge in [0.25, 0.3) is 0 Å². The van der Waals surface area contributed by atoms with Crippen molar-refractivity contribution in [3.8, 4) is 0 Å². The first-order valence-corrected chi connectivity index (χ1v) is 7.22. The normalized spacial score (nSPS) is 17.7. The molecule has 1 aromatic carbocycles. The molecule has 1 fully saturated rings. The maximum atomic E-state index is 9.59. The first-order valence-electron chi connectivity index (χ1n) is 7.22. The van der Waals surface area contributed by atoms with Crippen LogP contribution in [0.2, 0.25) is 0 Å². The number of hydrogen-bond acceptors (Lipinski definition) is 2. The van der Waals surface area contributed by atoms with Crippen molar-refractivity contribution in [1.29, 1.82) is 0 Å². The highest BCUT2D eigenvalue weighted by atomic mass is 16.5. The molecule has 2 nitrogen and oxygen atoms in total. The van der Waals surface area contributed by atoms with E-state index in [1.807, 2.05) is 0 Å². The minimum Gasteiger partial charge on any atom is -0.392 e. The predicted molar refractivity (Wildman–Crippen MR) is 78.8 cm³/mol. The van der Waals surface area contributed by atoms with Crippen molar-refractivity contribution >= 4 is 6.08 Å². The average Bonchev–Trinajstić information content (AvgIpc) is 2.48. The molecule has 104 valence electrons. The van der Waals surface area contributed by atoms with Gasteiger partial charge in [0.2, 0.25) is 0 Å². The van der Waals surface area contributed by atoms with E-state index in [0.29, 0.717) is 12.5 Å². The van der Waals surface area contributed by atoms with Gasteiger partial charge in [0.05, 0.1) is 13.2 Å². The maximum absolute atomic E-state index is 9.59. The van der Waals surface area contributed by atoms with Crippen LogP contribution in [0.5, 0.6) is 0 Å². The van der Waals surface area contributed by atoms with Crippen LogP contribution in [0.25, 0.3) is 6.08 Å². The van der Waals surface area contributed by atoms with Gasteiger partial charge >= 0.3 is 0 Å². The van der Waals surface area contributed by atoms with E-state index in [9.17, 15) is 5.11 Å². The van der Waals surface area contributed by atoms with E-state index in [1.54, 1.807) is 7.11 Å². The summed E-state index contributed by atoms with van der Waals surface area (Å²) in [5, 5.41) is 9.59. The van der Waals surface area contributed by atoms with Crippen molar-refractivity contribution in [3.63, 3.8) is 0 Å². The molecule has 1 N–H and O–H groups in total. The second-order valence-electron chi connectivity index (χ2n) is 5.39. The standard InChI is InChI=1S/C17H24O2/c1-19-13-15-9-7-14(8-10-15)11-17(12-18)16-5-3-2-4-6-16/h7-11,16,18H,2-6,12-13H2,1H3. The number of rotatable bonds is 5. The van der Waals surface area contributed by atoms with Crippen molar-refractivity contribution < 1.29 is 9.84 Å². The van der Waals surface area contributed by atoms with Crippen molar-refractivity contribution in [2.24, 2.45) is 5.92 Å². The van der Waals surface area contributed by atoms with Gasteiger partial charge < -0.3 is 9.84 Å². The Morgan fingerprint density at radius 2 is 1.89 bits per heavy atom. The zero-order valence-electron chi connectivity index (χ0n) is 11.8. The molecule has 1 aliphatic carbocycles. The Balaban J connectivity index is 2.07. The monoisotopic (exact) mass is 260 g/mol. The third-order valence-corrected chi connectivity index (χ3v) is 3.95. The molecule has 19 heavy (non-hydrogen) atoms. The van der Waals surface area contributed by atoms with Gasteiger partial charge in [-0.3, -0.25) is 0 Å². The summed E-state index contributed by atoms with van der Waals surface area (Å²) in [5.74, 6) is 0.581. The van der Waals surface area contributed by atoms with E-state index in [2.05, 4.69) is 30.3 Å². The summed E-state index contributed by atoms with van der Waals surface area (Å²) in [6.07, 6.45) is 8.57. The van der Waals surface area contributed by atoms with Gasteiger partial charge in [-0.25, -0.2) is 0 Å². The molecule has 2 heteroatoms. The van der Waals surface area contributed by atoms with Crippen LogP contribution >= 0.6 is 0 Å². The molecular weight excluding hydrogens is 236 g/mol. The van der Waals surface area contributed by atoms with Crippen molar-refractivity contribution in [3.05, 3.63) is 41.0 Å². The largest absolute Gasteiger partial charge is 0.392 e. The van der Waals surface area contributed by atoms with Crippen LogP contribution < -0.4 is 0 Å². The topological polar surface area (TPSA) is 29.5 Å². The SMILES string of the molecule is COCc1ccc(C=C(CO)C2CCCCC2)cc1. The van der Waals surface area contributed by atoms with Gasteiger partial charge in [-0.15, -0.1) is 0 Å². The molecule has 0 aromatic heterocycles. The first-order chi connectivity index (χ1) is 9.33. The number of hydrogen-bond donors (Lipinski definition) is 1. The summed E-state index contributed by atoms with van der Waals surface area (Å²) < 4.78 is 5.11. The second kappa shape index (κ2) is 7.46. The van der Waals surface area contributed by atoms with Crippen LogP contribution in [-0.2, 0) is 11.3 Å². The summed E-state index contributed by atoms with van der Waals surface area (Å²) in [7, 11) is 1.71. The molecule has 0 aliphatic heterocycles. The zero-order valence-corrected chi connectivity index (χ0v) is 11.8. The van der Waals surface area contributed by atoms with Crippen LogP contribution in [0.4, 0.5) is 0 Å². The summed E-state index contributed by atoms with van der Waals surface area (Å²) in [5.41, 5.74) is 3.55. The number of ether oxygens (including phenoxy) is 1. The Morgan fingerprint density at radius 1 is 1.21 bits per heavy atom. The van der Waals surface area contributed by atoms with Crippen molar-refractivity contribution in [2.45, 2.75) is 38.7 Å². The van der Waals surface area contributed by atoms with Crippen LogP contribution in [-0.4, -0.2) is 18.8 Å². The molecule has 2 rings (SSSR count). The summed E-state index contributed by atoms with van der Waals surface area (Å²) in [6, 6.07) is 8.38. The Morgan fingerprint density at radius 3 is 2.47 bits per heavy atom. The maximum Gasteiger partial charge on any atom is 0.0713 e. The Hall–Kier alpha value is -1.12. The Labute approximate surface area is 116 Å². The minimum atomic E-state index is 0.185. The number of methoxy groups -OCH3 is 1. The van der Waals surface area contributed by atoms with E-state index in [4.69, 9.17) is 4.74 Å². The molecule has 0 bridgehead atoms.